The Kier molecular flexibility index (Phi) is 5.01. The molecule has 1 aliphatic heterocycles. The molecule has 0 aromatic heterocycles. The Hall–Kier alpha value is -2.53. The molecule has 2 N–H and O–H groups in total. The zero-order chi connectivity index (χ0) is 16.9. The van der Waals surface area contributed by atoms with Crippen LogP contribution in [0.3, 0.4) is 0 Å². The molecule has 0 bridgehead atoms. The number of amidine groups is 1. The van der Waals surface area contributed by atoms with Gasteiger partial charge in [-0.15, -0.1) is 5.10 Å². The molecule has 6 heteroatoms. The van der Waals surface area contributed by atoms with Crippen LogP contribution >= 0.6 is 11.6 Å². The predicted molar refractivity (Wildman–Crippen MR) is 96.5 cm³/mol. The Bertz CT molecular complexity index is 803. The average Bonchev–Trinajstić information content (AvgIpc) is 3.00. The van der Waals surface area contributed by atoms with Gasteiger partial charge in [-0.05, 0) is 37.1 Å². The molecule has 1 aliphatic rings. The lowest BCUT2D eigenvalue weighted by Gasteiger charge is -2.13. The van der Waals surface area contributed by atoms with Crippen LogP contribution in [0.25, 0.3) is 0 Å². The van der Waals surface area contributed by atoms with E-state index in [4.69, 9.17) is 26.8 Å². The highest BCUT2D eigenvalue weighted by atomic mass is 35.5. The first-order valence-electron chi connectivity index (χ1n) is 7.63. The van der Waals surface area contributed by atoms with Gasteiger partial charge in [-0.25, -0.2) is 0 Å². The summed E-state index contributed by atoms with van der Waals surface area (Å²) in [5.74, 6) is 2.72. The highest BCUT2D eigenvalue weighted by Crippen LogP contribution is 2.33. The van der Waals surface area contributed by atoms with Crippen molar-refractivity contribution in [3.8, 4) is 17.2 Å². The summed E-state index contributed by atoms with van der Waals surface area (Å²) in [5.41, 5.74) is 7.55. The molecule has 0 saturated heterocycles. The van der Waals surface area contributed by atoms with Crippen molar-refractivity contribution >= 4 is 23.1 Å². The van der Waals surface area contributed by atoms with E-state index in [1.54, 1.807) is 7.11 Å². The summed E-state index contributed by atoms with van der Waals surface area (Å²) in [6.45, 7) is 0. The first-order valence-corrected chi connectivity index (χ1v) is 8.00. The van der Waals surface area contributed by atoms with Crippen molar-refractivity contribution in [3.05, 3.63) is 53.1 Å². The largest absolute Gasteiger partial charge is 0.497 e. The number of ether oxygens (including phenoxy) is 2. The highest BCUT2D eigenvalue weighted by Gasteiger charge is 2.14. The molecule has 5 nitrogen and oxygen atoms in total. The predicted octanol–water partition coefficient (Wildman–Crippen LogP) is 4.19. The fourth-order valence-corrected chi connectivity index (χ4v) is 2.75. The summed E-state index contributed by atoms with van der Waals surface area (Å²) in [5, 5.41) is 8.61. The van der Waals surface area contributed by atoms with E-state index in [1.807, 2.05) is 42.5 Å². The van der Waals surface area contributed by atoms with Crippen LogP contribution in [-0.2, 0) is 6.42 Å². The van der Waals surface area contributed by atoms with Crippen molar-refractivity contribution in [2.75, 3.05) is 7.11 Å². The van der Waals surface area contributed by atoms with Crippen molar-refractivity contribution in [2.45, 2.75) is 19.3 Å². The molecule has 0 unspecified atom stereocenters. The minimum absolute atomic E-state index is 0.553. The summed E-state index contributed by atoms with van der Waals surface area (Å²) in [6, 6.07) is 13.1. The van der Waals surface area contributed by atoms with Crippen molar-refractivity contribution in [1.29, 1.82) is 0 Å². The first kappa shape index (κ1) is 16.3. The number of hydrogen-bond donors (Lipinski definition) is 1. The molecule has 0 fully saturated rings. The van der Waals surface area contributed by atoms with Crippen LogP contribution in [0.5, 0.6) is 17.2 Å². The van der Waals surface area contributed by atoms with Gasteiger partial charge in [0.1, 0.15) is 23.1 Å². The lowest BCUT2D eigenvalue weighted by atomic mass is 10.0. The van der Waals surface area contributed by atoms with Gasteiger partial charge in [-0.1, -0.05) is 23.7 Å². The van der Waals surface area contributed by atoms with E-state index in [9.17, 15) is 0 Å². The van der Waals surface area contributed by atoms with Crippen molar-refractivity contribution in [2.24, 2.45) is 15.9 Å². The number of benzene rings is 2. The second-order valence-electron chi connectivity index (χ2n) is 5.43. The molecule has 124 valence electrons. The van der Waals surface area contributed by atoms with Crippen LogP contribution < -0.4 is 15.2 Å². The smallest absolute Gasteiger partial charge is 0.132 e. The molecule has 2 aromatic carbocycles. The van der Waals surface area contributed by atoms with Crippen LogP contribution in [0.1, 0.15) is 18.4 Å². The Morgan fingerprint density at radius 3 is 2.62 bits per heavy atom. The van der Waals surface area contributed by atoms with E-state index in [0.29, 0.717) is 29.4 Å². The van der Waals surface area contributed by atoms with E-state index < -0.39 is 0 Å². The van der Waals surface area contributed by atoms with Gasteiger partial charge in [-0.3, -0.25) is 0 Å². The maximum atomic E-state index is 6.37. The number of halogens is 1. The summed E-state index contributed by atoms with van der Waals surface area (Å²) >= 11 is 6.37. The normalized spacial score (nSPS) is 13.4. The van der Waals surface area contributed by atoms with Gasteiger partial charge in [0.15, 0.2) is 0 Å². The van der Waals surface area contributed by atoms with Gasteiger partial charge < -0.3 is 15.2 Å². The number of nitrogens with zero attached hydrogens (tertiary/aromatic N) is 2. The highest BCUT2D eigenvalue weighted by molar-refractivity contribution is 6.31. The fraction of sp³-hybridized carbons (Fsp3) is 0.222. The second-order valence-corrected chi connectivity index (χ2v) is 5.84. The molecular weight excluding hydrogens is 326 g/mol. The van der Waals surface area contributed by atoms with Gasteiger partial charge >= 0.3 is 0 Å². The van der Waals surface area contributed by atoms with Crippen LogP contribution in [0.2, 0.25) is 5.02 Å². The van der Waals surface area contributed by atoms with E-state index in [0.717, 1.165) is 29.2 Å². The minimum Gasteiger partial charge on any atom is -0.497 e. The SMILES string of the molecule is COc1cccc(Oc2cccc(Cl)c2CCC2=NN=C(N)C2)c1. The maximum absolute atomic E-state index is 6.37. The molecule has 0 spiro atoms. The quantitative estimate of drug-likeness (QED) is 0.854. The number of methoxy groups -OCH3 is 1. The second kappa shape index (κ2) is 7.36. The van der Waals surface area contributed by atoms with Gasteiger partial charge in [-0.2, -0.15) is 5.10 Å². The number of hydrogen-bond acceptors (Lipinski definition) is 5. The average molecular weight is 344 g/mol. The topological polar surface area (TPSA) is 69.2 Å². The molecule has 0 amide bonds. The van der Waals surface area contributed by atoms with Crippen LogP contribution in [-0.4, -0.2) is 18.7 Å². The van der Waals surface area contributed by atoms with Crippen molar-refractivity contribution in [1.82, 2.24) is 0 Å². The molecule has 0 atom stereocenters. The first-order chi connectivity index (χ1) is 11.7. The van der Waals surface area contributed by atoms with Gasteiger partial charge in [0, 0.05) is 28.8 Å². The number of rotatable bonds is 6. The van der Waals surface area contributed by atoms with Crippen molar-refractivity contribution < 1.29 is 9.47 Å². The summed E-state index contributed by atoms with van der Waals surface area (Å²) in [6.07, 6.45) is 2.07. The molecule has 1 heterocycles. The van der Waals surface area contributed by atoms with Gasteiger partial charge in [0.2, 0.25) is 0 Å². The summed E-state index contributed by atoms with van der Waals surface area (Å²) in [4.78, 5) is 0. The molecule has 24 heavy (non-hydrogen) atoms. The van der Waals surface area contributed by atoms with Crippen LogP contribution in [0.15, 0.2) is 52.7 Å². The standard InChI is InChI=1S/C18H18ClN3O2/c1-23-13-4-2-5-14(11-13)24-17-7-3-6-16(19)15(17)9-8-12-10-18(20)22-21-12/h2-7,11H,8-10H2,1H3,(H2,20,22). The lowest BCUT2D eigenvalue weighted by molar-refractivity contribution is 0.408. The molecule has 3 rings (SSSR count). The third-order valence-corrected chi connectivity index (χ3v) is 4.07. The minimum atomic E-state index is 0.553. The molecule has 0 saturated carbocycles. The van der Waals surface area contributed by atoms with E-state index in [1.165, 1.54) is 0 Å². The van der Waals surface area contributed by atoms with Gasteiger partial charge in [0.05, 0.1) is 7.11 Å². The molecule has 0 radical (unpaired) electrons. The Balaban J connectivity index is 1.77. The lowest BCUT2D eigenvalue weighted by Crippen LogP contribution is -2.12. The van der Waals surface area contributed by atoms with Crippen LogP contribution in [0, 0.1) is 0 Å². The zero-order valence-electron chi connectivity index (χ0n) is 13.3. The third kappa shape index (κ3) is 3.86. The summed E-state index contributed by atoms with van der Waals surface area (Å²) in [7, 11) is 1.63. The van der Waals surface area contributed by atoms with Gasteiger partial charge in [0.25, 0.3) is 0 Å². The Labute approximate surface area is 145 Å². The van der Waals surface area contributed by atoms with E-state index >= 15 is 0 Å². The Morgan fingerprint density at radius 2 is 1.88 bits per heavy atom. The monoisotopic (exact) mass is 343 g/mol. The third-order valence-electron chi connectivity index (χ3n) is 3.71. The summed E-state index contributed by atoms with van der Waals surface area (Å²) < 4.78 is 11.2. The van der Waals surface area contributed by atoms with Crippen molar-refractivity contribution in [3.63, 3.8) is 0 Å². The Morgan fingerprint density at radius 1 is 1.08 bits per heavy atom. The molecular formula is C18H18ClN3O2. The van der Waals surface area contributed by atoms with E-state index in [2.05, 4.69) is 10.2 Å². The van der Waals surface area contributed by atoms with E-state index in [-0.39, 0.29) is 0 Å². The zero-order valence-corrected chi connectivity index (χ0v) is 14.1. The maximum Gasteiger partial charge on any atom is 0.132 e. The number of nitrogens with two attached hydrogens (primary N) is 1. The molecule has 0 aliphatic carbocycles. The van der Waals surface area contributed by atoms with Crippen LogP contribution in [0.4, 0.5) is 0 Å². The fourth-order valence-electron chi connectivity index (χ4n) is 2.49. The molecule has 2 aromatic rings.